The van der Waals surface area contributed by atoms with Crippen molar-refractivity contribution in [1.29, 1.82) is 0 Å². The first kappa shape index (κ1) is 17.2. The molecule has 1 aromatic rings. The zero-order chi connectivity index (χ0) is 17.2. The van der Waals surface area contributed by atoms with Crippen molar-refractivity contribution in [2.75, 3.05) is 13.6 Å². The number of fused-ring (bicyclic) bond motifs is 2. The fraction of sp³-hybridized carbons (Fsp3) is 0.632. The average Bonchev–Trinajstić information content (AvgIpc) is 3.09. The predicted molar refractivity (Wildman–Crippen MR) is 94.8 cm³/mol. The van der Waals surface area contributed by atoms with Crippen LogP contribution >= 0.6 is 0 Å². The van der Waals surface area contributed by atoms with Gasteiger partial charge >= 0.3 is 6.03 Å². The molecule has 5 heteroatoms. The summed E-state index contributed by atoms with van der Waals surface area (Å²) in [6, 6.07) is 10.5. The monoisotopic (exact) mass is 331 g/mol. The van der Waals surface area contributed by atoms with E-state index < -0.39 is 0 Å². The highest BCUT2D eigenvalue weighted by molar-refractivity contribution is 5.75. The van der Waals surface area contributed by atoms with Gasteiger partial charge in [-0.05, 0) is 45.7 Å². The molecule has 24 heavy (non-hydrogen) atoms. The lowest BCUT2D eigenvalue weighted by Gasteiger charge is -2.32. The van der Waals surface area contributed by atoms with Gasteiger partial charge in [-0.3, -0.25) is 4.90 Å². The maximum Gasteiger partial charge on any atom is 0.315 e. The van der Waals surface area contributed by atoms with Crippen LogP contribution in [0.25, 0.3) is 0 Å². The molecule has 2 N–H and O–H groups in total. The Morgan fingerprint density at radius 2 is 2.04 bits per heavy atom. The number of rotatable bonds is 6. The Labute approximate surface area is 144 Å². The van der Waals surface area contributed by atoms with E-state index in [1.807, 2.05) is 6.07 Å². The van der Waals surface area contributed by atoms with Gasteiger partial charge in [0, 0.05) is 18.6 Å². The van der Waals surface area contributed by atoms with Crippen LogP contribution in [0.3, 0.4) is 0 Å². The van der Waals surface area contributed by atoms with Crippen LogP contribution in [0.15, 0.2) is 30.3 Å². The third-order valence-electron chi connectivity index (χ3n) is 4.83. The van der Waals surface area contributed by atoms with Crippen LogP contribution in [-0.4, -0.2) is 48.3 Å². The molecule has 3 atom stereocenters. The molecule has 2 aliphatic rings. The lowest BCUT2D eigenvalue weighted by molar-refractivity contribution is 0.0978. The molecule has 0 spiro atoms. The molecule has 0 saturated carbocycles. The molecular weight excluding hydrogens is 302 g/mol. The summed E-state index contributed by atoms with van der Waals surface area (Å²) in [6.45, 7) is 5.77. The van der Waals surface area contributed by atoms with Crippen molar-refractivity contribution in [3.63, 3.8) is 0 Å². The van der Waals surface area contributed by atoms with Gasteiger partial charge < -0.3 is 15.4 Å². The van der Waals surface area contributed by atoms with E-state index in [2.05, 4.69) is 60.7 Å². The van der Waals surface area contributed by atoms with Crippen LogP contribution in [0.5, 0.6) is 0 Å². The minimum Gasteiger partial charge on any atom is -0.373 e. The van der Waals surface area contributed by atoms with Gasteiger partial charge in [-0.1, -0.05) is 30.3 Å². The van der Waals surface area contributed by atoms with Gasteiger partial charge in [-0.2, -0.15) is 0 Å². The standard InChI is InChI=1S/C19H29N3O2/c1-19(2,13-22(3)12-14-7-5-4-6-8-14)21-18(23)20-16-11-15-9-10-17(16)24-15/h4-8,15-17H,9-13H2,1-3H3,(H2,20,21,23). The Balaban J connectivity index is 1.45. The Hall–Kier alpha value is -1.59. The Bertz CT molecular complexity index is 561. The van der Waals surface area contributed by atoms with Crippen molar-refractivity contribution in [3.8, 4) is 0 Å². The fourth-order valence-corrected chi connectivity index (χ4v) is 3.97. The molecule has 2 bridgehead atoms. The highest BCUT2D eigenvalue weighted by atomic mass is 16.5. The van der Waals surface area contributed by atoms with E-state index in [-0.39, 0.29) is 23.7 Å². The smallest absolute Gasteiger partial charge is 0.315 e. The van der Waals surface area contributed by atoms with E-state index in [9.17, 15) is 4.79 Å². The first-order chi connectivity index (χ1) is 11.4. The van der Waals surface area contributed by atoms with Crippen molar-refractivity contribution in [2.45, 2.75) is 63.4 Å². The van der Waals surface area contributed by atoms with Crippen LogP contribution in [0.2, 0.25) is 0 Å². The summed E-state index contributed by atoms with van der Waals surface area (Å²) < 4.78 is 5.80. The summed E-state index contributed by atoms with van der Waals surface area (Å²) in [4.78, 5) is 14.6. The highest BCUT2D eigenvalue weighted by Gasteiger charge is 2.41. The van der Waals surface area contributed by atoms with Crippen molar-refractivity contribution in [1.82, 2.24) is 15.5 Å². The quantitative estimate of drug-likeness (QED) is 0.842. The number of ether oxygens (including phenoxy) is 1. The van der Waals surface area contributed by atoms with Crippen LogP contribution in [0.4, 0.5) is 4.79 Å². The number of benzene rings is 1. The summed E-state index contributed by atoms with van der Waals surface area (Å²) in [5.41, 5.74) is 0.978. The molecule has 2 amide bonds. The third-order valence-corrected chi connectivity index (χ3v) is 4.83. The molecule has 3 unspecified atom stereocenters. The first-order valence-corrected chi connectivity index (χ1v) is 8.88. The molecule has 2 fully saturated rings. The normalized spacial score (nSPS) is 25.9. The number of nitrogens with zero attached hydrogens (tertiary/aromatic N) is 1. The summed E-state index contributed by atoms with van der Waals surface area (Å²) >= 11 is 0. The van der Waals surface area contributed by atoms with Gasteiger partial charge in [0.15, 0.2) is 0 Å². The molecule has 132 valence electrons. The van der Waals surface area contributed by atoms with Gasteiger partial charge in [-0.15, -0.1) is 0 Å². The van der Waals surface area contributed by atoms with Gasteiger partial charge in [0.1, 0.15) is 0 Å². The fourth-order valence-electron chi connectivity index (χ4n) is 3.97. The van der Waals surface area contributed by atoms with E-state index in [0.717, 1.165) is 32.4 Å². The SMILES string of the molecule is CN(Cc1ccccc1)CC(C)(C)NC(=O)NC1CC2CCC1O2. The zero-order valence-electron chi connectivity index (χ0n) is 14.9. The van der Waals surface area contributed by atoms with Crippen molar-refractivity contribution in [3.05, 3.63) is 35.9 Å². The van der Waals surface area contributed by atoms with Crippen molar-refractivity contribution < 1.29 is 9.53 Å². The second-order valence-corrected chi connectivity index (χ2v) is 7.86. The summed E-state index contributed by atoms with van der Waals surface area (Å²) in [5, 5.41) is 6.21. The number of carbonyl (C=O) groups excluding carboxylic acids is 1. The van der Waals surface area contributed by atoms with Crippen LogP contribution in [-0.2, 0) is 11.3 Å². The maximum absolute atomic E-state index is 12.3. The number of likely N-dealkylation sites (N-methyl/N-ethyl adjacent to an activating group) is 1. The van der Waals surface area contributed by atoms with E-state index in [1.54, 1.807) is 0 Å². The molecule has 2 saturated heterocycles. The Morgan fingerprint density at radius 1 is 1.29 bits per heavy atom. The lowest BCUT2D eigenvalue weighted by atomic mass is 9.95. The van der Waals surface area contributed by atoms with Crippen LogP contribution in [0, 0.1) is 0 Å². The second-order valence-electron chi connectivity index (χ2n) is 7.86. The molecule has 3 rings (SSSR count). The summed E-state index contributed by atoms with van der Waals surface area (Å²) in [6.07, 6.45) is 3.72. The van der Waals surface area contributed by atoms with E-state index in [1.165, 1.54) is 5.56 Å². The molecule has 2 aliphatic heterocycles. The number of amides is 2. The largest absolute Gasteiger partial charge is 0.373 e. The molecular formula is C19H29N3O2. The third kappa shape index (κ3) is 4.48. The predicted octanol–water partition coefficient (Wildman–Crippen LogP) is 2.52. The molecule has 1 aromatic carbocycles. The highest BCUT2D eigenvalue weighted by Crippen LogP contribution is 2.34. The van der Waals surface area contributed by atoms with Gasteiger partial charge in [0.05, 0.1) is 18.2 Å². The second kappa shape index (κ2) is 7.11. The van der Waals surface area contributed by atoms with Crippen molar-refractivity contribution in [2.24, 2.45) is 0 Å². The number of nitrogens with one attached hydrogen (secondary N) is 2. The number of hydrogen-bond acceptors (Lipinski definition) is 3. The Kier molecular flexibility index (Phi) is 5.11. The average molecular weight is 331 g/mol. The minimum absolute atomic E-state index is 0.0886. The lowest BCUT2D eigenvalue weighted by Crippen LogP contribution is -2.56. The topological polar surface area (TPSA) is 53.6 Å². The van der Waals surface area contributed by atoms with Crippen LogP contribution < -0.4 is 10.6 Å². The number of carbonyl (C=O) groups is 1. The molecule has 5 nitrogen and oxygen atoms in total. The Morgan fingerprint density at radius 3 is 2.67 bits per heavy atom. The first-order valence-electron chi connectivity index (χ1n) is 8.88. The summed E-state index contributed by atoms with van der Waals surface area (Å²) in [5.74, 6) is 0. The maximum atomic E-state index is 12.3. The van der Waals surface area contributed by atoms with Gasteiger partial charge in [0.25, 0.3) is 0 Å². The van der Waals surface area contributed by atoms with E-state index in [0.29, 0.717) is 6.10 Å². The van der Waals surface area contributed by atoms with E-state index in [4.69, 9.17) is 4.74 Å². The van der Waals surface area contributed by atoms with Gasteiger partial charge in [-0.25, -0.2) is 4.79 Å². The molecule has 0 radical (unpaired) electrons. The van der Waals surface area contributed by atoms with Crippen molar-refractivity contribution >= 4 is 6.03 Å². The number of urea groups is 1. The molecule has 2 heterocycles. The zero-order valence-corrected chi connectivity index (χ0v) is 14.9. The van der Waals surface area contributed by atoms with Crippen LogP contribution in [0.1, 0.15) is 38.7 Å². The number of hydrogen-bond donors (Lipinski definition) is 2. The minimum atomic E-state index is -0.300. The molecule has 0 aromatic heterocycles. The summed E-state index contributed by atoms with van der Waals surface area (Å²) in [7, 11) is 2.08. The van der Waals surface area contributed by atoms with E-state index >= 15 is 0 Å². The van der Waals surface area contributed by atoms with Gasteiger partial charge in [0.2, 0.25) is 0 Å². The molecule has 0 aliphatic carbocycles.